The molecule has 0 fully saturated rings. The van der Waals surface area contributed by atoms with Crippen LogP contribution in [0.4, 0.5) is 0 Å². The third-order valence-corrected chi connectivity index (χ3v) is 3.29. The highest BCUT2D eigenvalue weighted by Gasteiger charge is 1.99. The normalized spacial score (nSPS) is 12.8. The van der Waals surface area contributed by atoms with Gasteiger partial charge in [-0.15, -0.1) is 0 Å². The molecule has 0 N–H and O–H groups in total. The highest BCUT2D eigenvalue weighted by molar-refractivity contribution is 7.83. The number of nitrogens with zero attached hydrogens (tertiary/aromatic N) is 1. The molecule has 0 radical (unpaired) electrons. The van der Waals surface area contributed by atoms with E-state index in [4.69, 9.17) is 0 Å². The number of rotatable bonds is 3. The molecule has 0 saturated carbocycles. The average molecular weight is 243 g/mol. The molecule has 0 heterocycles. The molecule has 2 aromatic rings. The average Bonchev–Trinajstić information content (AvgIpc) is 2.38. The van der Waals surface area contributed by atoms with Gasteiger partial charge in [-0.2, -0.15) is 4.40 Å². The first-order chi connectivity index (χ1) is 8.25. The monoisotopic (exact) mass is 243 g/mol. The SMILES string of the molecule is Cc1ccc(S(=O)/N=C/c2ccccc2)cc1. The van der Waals surface area contributed by atoms with E-state index in [9.17, 15) is 4.21 Å². The molecule has 0 saturated heterocycles. The number of benzene rings is 2. The van der Waals surface area contributed by atoms with E-state index in [1.807, 2.05) is 61.5 Å². The van der Waals surface area contributed by atoms with Crippen LogP contribution in [-0.4, -0.2) is 10.4 Å². The zero-order valence-electron chi connectivity index (χ0n) is 9.54. The minimum absolute atomic E-state index is 0.725. The Morgan fingerprint density at radius 3 is 2.29 bits per heavy atom. The highest BCUT2D eigenvalue weighted by atomic mass is 32.2. The maximum absolute atomic E-state index is 11.8. The molecule has 0 spiro atoms. The van der Waals surface area contributed by atoms with Crippen LogP contribution in [0.2, 0.25) is 0 Å². The summed E-state index contributed by atoms with van der Waals surface area (Å²) in [5.74, 6) is 0. The zero-order valence-corrected chi connectivity index (χ0v) is 10.4. The van der Waals surface area contributed by atoms with Gasteiger partial charge in [-0.3, -0.25) is 0 Å². The molecule has 0 aliphatic rings. The van der Waals surface area contributed by atoms with E-state index < -0.39 is 11.0 Å². The Balaban J connectivity index is 2.12. The lowest BCUT2D eigenvalue weighted by Gasteiger charge is -1.97. The van der Waals surface area contributed by atoms with Gasteiger partial charge in [0, 0.05) is 6.21 Å². The summed E-state index contributed by atoms with van der Waals surface area (Å²) in [6.07, 6.45) is 1.63. The van der Waals surface area contributed by atoms with Gasteiger partial charge in [0.25, 0.3) is 0 Å². The Hall–Kier alpha value is -1.74. The second-order valence-corrected chi connectivity index (χ2v) is 4.89. The van der Waals surface area contributed by atoms with Crippen molar-refractivity contribution in [2.24, 2.45) is 4.40 Å². The van der Waals surface area contributed by atoms with Crippen LogP contribution in [0.15, 0.2) is 63.9 Å². The van der Waals surface area contributed by atoms with E-state index in [0.29, 0.717) is 0 Å². The van der Waals surface area contributed by atoms with E-state index in [2.05, 4.69) is 4.40 Å². The molecule has 1 atom stereocenters. The summed E-state index contributed by atoms with van der Waals surface area (Å²) in [6, 6.07) is 17.2. The number of aryl methyl sites for hydroxylation is 1. The Kier molecular flexibility index (Phi) is 3.83. The molecule has 2 rings (SSSR count). The lowest BCUT2D eigenvalue weighted by atomic mass is 10.2. The molecule has 0 aromatic heterocycles. The largest absolute Gasteiger partial charge is 0.229 e. The lowest BCUT2D eigenvalue weighted by molar-refractivity contribution is 0.684. The maximum atomic E-state index is 11.8. The van der Waals surface area contributed by atoms with Gasteiger partial charge < -0.3 is 0 Å². The highest BCUT2D eigenvalue weighted by Crippen LogP contribution is 2.09. The Morgan fingerprint density at radius 2 is 1.65 bits per heavy atom. The minimum atomic E-state index is -1.32. The maximum Gasteiger partial charge on any atom is 0.172 e. The quantitative estimate of drug-likeness (QED) is 0.761. The fraction of sp³-hybridized carbons (Fsp3) is 0.0714. The standard InChI is InChI=1S/C14H13NOS/c1-12-7-9-14(10-8-12)17(16)15-11-13-5-3-2-4-6-13/h2-11H,1H3/b15-11+. The molecule has 1 unspecified atom stereocenters. The summed E-state index contributed by atoms with van der Waals surface area (Å²) in [6.45, 7) is 2.00. The lowest BCUT2D eigenvalue weighted by Crippen LogP contribution is -1.89. The first kappa shape index (κ1) is 11.7. The second kappa shape index (κ2) is 5.55. The predicted octanol–water partition coefficient (Wildman–Crippen LogP) is 3.14. The van der Waals surface area contributed by atoms with Crippen molar-refractivity contribution in [2.45, 2.75) is 11.8 Å². The third kappa shape index (κ3) is 3.36. The van der Waals surface area contributed by atoms with Gasteiger partial charge in [0.1, 0.15) is 0 Å². The molecule has 17 heavy (non-hydrogen) atoms. The van der Waals surface area contributed by atoms with Crippen molar-refractivity contribution in [3.63, 3.8) is 0 Å². The molecule has 2 nitrogen and oxygen atoms in total. The van der Waals surface area contributed by atoms with Gasteiger partial charge in [-0.25, -0.2) is 4.21 Å². The molecular formula is C14H13NOS. The van der Waals surface area contributed by atoms with Crippen molar-refractivity contribution in [1.82, 2.24) is 0 Å². The predicted molar refractivity (Wildman–Crippen MR) is 71.6 cm³/mol. The fourth-order valence-corrected chi connectivity index (χ4v) is 2.07. The third-order valence-electron chi connectivity index (χ3n) is 2.32. The van der Waals surface area contributed by atoms with Gasteiger partial charge in [-0.1, -0.05) is 48.0 Å². The summed E-state index contributed by atoms with van der Waals surface area (Å²) in [7, 11) is -1.32. The number of hydrogen-bond acceptors (Lipinski definition) is 1. The van der Waals surface area contributed by atoms with Crippen molar-refractivity contribution in [3.05, 3.63) is 65.7 Å². The van der Waals surface area contributed by atoms with Crippen LogP contribution in [0.25, 0.3) is 0 Å². The zero-order chi connectivity index (χ0) is 12.1. The Labute approximate surface area is 104 Å². The van der Waals surface area contributed by atoms with Gasteiger partial charge in [0.15, 0.2) is 11.0 Å². The summed E-state index contributed by atoms with van der Waals surface area (Å²) in [5, 5.41) is 0. The van der Waals surface area contributed by atoms with Crippen molar-refractivity contribution in [2.75, 3.05) is 0 Å². The molecule has 0 bridgehead atoms. The molecule has 3 heteroatoms. The first-order valence-electron chi connectivity index (χ1n) is 5.33. The van der Waals surface area contributed by atoms with Crippen molar-refractivity contribution >= 4 is 17.2 Å². The van der Waals surface area contributed by atoms with Crippen LogP contribution in [0.3, 0.4) is 0 Å². The van der Waals surface area contributed by atoms with Gasteiger partial charge in [-0.05, 0) is 24.6 Å². The Bertz CT molecular complexity index is 532. The van der Waals surface area contributed by atoms with Crippen LogP contribution in [-0.2, 0) is 11.0 Å². The summed E-state index contributed by atoms with van der Waals surface area (Å²) >= 11 is 0. The van der Waals surface area contributed by atoms with Crippen molar-refractivity contribution in [3.8, 4) is 0 Å². The van der Waals surface area contributed by atoms with Gasteiger partial charge in [0.05, 0.1) is 4.90 Å². The molecule has 0 aliphatic carbocycles. The van der Waals surface area contributed by atoms with E-state index >= 15 is 0 Å². The number of hydrogen-bond donors (Lipinski definition) is 0. The Morgan fingerprint density at radius 1 is 1.00 bits per heavy atom. The molecular weight excluding hydrogens is 230 g/mol. The van der Waals surface area contributed by atoms with Gasteiger partial charge >= 0.3 is 0 Å². The topological polar surface area (TPSA) is 29.4 Å². The van der Waals surface area contributed by atoms with Crippen molar-refractivity contribution in [1.29, 1.82) is 0 Å². The molecule has 2 aromatic carbocycles. The van der Waals surface area contributed by atoms with Crippen LogP contribution in [0.5, 0.6) is 0 Å². The summed E-state index contributed by atoms with van der Waals surface area (Å²) in [4.78, 5) is 0.725. The van der Waals surface area contributed by atoms with E-state index in [-0.39, 0.29) is 0 Å². The van der Waals surface area contributed by atoms with E-state index in [1.54, 1.807) is 6.21 Å². The van der Waals surface area contributed by atoms with Crippen molar-refractivity contribution < 1.29 is 4.21 Å². The fourth-order valence-electron chi connectivity index (χ4n) is 1.36. The van der Waals surface area contributed by atoms with Crippen LogP contribution in [0.1, 0.15) is 11.1 Å². The smallest absolute Gasteiger partial charge is 0.172 e. The first-order valence-corrected chi connectivity index (χ1v) is 6.44. The van der Waals surface area contributed by atoms with Crippen LogP contribution >= 0.6 is 0 Å². The summed E-state index contributed by atoms with van der Waals surface area (Å²) in [5.41, 5.74) is 2.10. The molecule has 0 amide bonds. The molecule has 86 valence electrons. The van der Waals surface area contributed by atoms with Gasteiger partial charge in [0.2, 0.25) is 0 Å². The second-order valence-electron chi connectivity index (χ2n) is 3.71. The van der Waals surface area contributed by atoms with E-state index in [0.717, 1.165) is 16.0 Å². The van der Waals surface area contributed by atoms with Crippen LogP contribution < -0.4 is 0 Å². The summed E-state index contributed by atoms with van der Waals surface area (Å²) < 4.78 is 15.9. The van der Waals surface area contributed by atoms with E-state index in [1.165, 1.54) is 0 Å². The van der Waals surface area contributed by atoms with Crippen LogP contribution in [0, 0.1) is 6.92 Å². The molecule has 0 aliphatic heterocycles. The minimum Gasteiger partial charge on any atom is -0.229 e.